The van der Waals surface area contributed by atoms with E-state index in [0.717, 1.165) is 11.1 Å². The molecular formula is C13H15NO3. The maximum atomic E-state index is 10.6. The van der Waals surface area contributed by atoms with Crippen LogP contribution in [0.1, 0.15) is 18.1 Å². The number of aliphatic hydroxyl groups excluding tert-OH is 1. The van der Waals surface area contributed by atoms with Crippen LogP contribution in [0.3, 0.4) is 0 Å². The van der Waals surface area contributed by atoms with E-state index in [-0.39, 0.29) is 12.5 Å². The van der Waals surface area contributed by atoms with Crippen molar-refractivity contribution in [3.05, 3.63) is 29.3 Å². The first-order chi connectivity index (χ1) is 8.17. The first-order valence-corrected chi connectivity index (χ1v) is 5.18. The Morgan fingerprint density at radius 3 is 2.88 bits per heavy atom. The maximum absolute atomic E-state index is 10.6. The highest BCUT2D eigenvalue weighted by Crippen LogP contribution is 2.19. The fourth-order valence-electron chi connectivity index (χ4n) is 1.27. The number of rotatable bonds is 3. The summed E-state index contributed by atoms with van der Waals surface area (Å²) in [5, 5.41) is 11.6. The lowest BCUT2D eigenvalue weighted by Gasteiger charge is -2.05. The van der Waals surface area contributed by atoms with Gasteiger partial charge < -0.3 is 15.2 Å². The van der Waals surface area contributed by atoms with Crippen molar-refractivity contribution < 1.29 is 14.6 Å². The van der Waals surface area contributed by atoms with E-state index in [2.05, 4.69) is 17.2 Å². The van der Waals surface area contributed by atoms with Gasteiger partial charge in [-0.05, 0) is 12.1 Å². The van der Waals surface area contributed by atoms with Gasteiger partial charge in [-0.1, -0.05) is 17.9 Å². The maximum Gasteiger partial charge on any atom is 0.217 e. The van der Waals surface area contributed by atoms with Crippen molar-refractivity contribution in [1.82, 2.24) is 5.32 Å². The normalized spacial score (nSPS) is 9.12. The van der Waals surface area contributed by atoms with Gasteiger partial charge in [0, 0.05) is 18.1 Å². The van der Waals surface area contributed by atoms with Gasteiger partial charge in [-0.2, -0.15) is 0 Å². The summed E-state index contributed by atoms with van der Waals surface area (Å²) in [6.07, 6.45) is 0. The summed E-state index contributed by atoms with van der Waals surface area (Å²) >= 11 is 0. The Hall–Kier alpha value is -1.99. The third kappa shape index (κ3) is 4.17. The molecule has 4 nitrogen and oxygen atoms in total. The lowest BCUT2D eigenvalue weighted by Crippen LogP contribution is -2.19. The molecule has 0 aliphatic carbocycles. The summed E-state index contributed by atoms with van der Waals surface area (Å²) in [4.78, 5) is 10.6. The number of methoxy groups -OCH3 is 1. The van der Waals surface area contributed by atoms with Crippen molar-refractivity contribution in [2.75, 3.05) is 13.7 Å². The van der Waals surface area contributed by atoms with Gasteiger partial charge in [0.1, 0.15) is 5.75 Å². The van der Waals surface area contributed by atoms with Gasteiger partial charge >= 0.3 is 0 Å². The zero-order valence-electron chi connectivity index (χ0n) is 9.91. The van der Waals surface area contributed by atoms with Crippen molar-refractivity contribution in [3.63, 3.8) is 0 Å². The van der Waals surface area contributed by atoms with E-state index in [1.165, 1.54) is 6.92 Å². The van der Waals surface area contributed by atoms with Crippen molar-refractivity contribution in [2.45, 2.75) is 13.5 Å². The van der Waals surface area contributed by atoms with E-state index in [9.17, 15) is 4.79 Å². The van der Waals surface area contributed by atoms with Gasteiger partial charge in [0.2, 0.25) is 5.91 Å². The monoisotopic (exact) mass is 233 g/mol. The molecule has 0 aromatic heterocycles. The predicted molar refractivity (Wildman–Crippen MR) is 64.5 cm³/mol. The third-order valence-electron chi connectivity index (χ3n) is 2.12. The van der Waals surface area contributed by atoms with E-state index in [4.69, 9.17) is 9.84 Å². The molecule has 0 aliphatic heterocycles. The molecule has 17 heavy (non-hydrogen) atoms. The van der Waals surface area contributed by atoms with Crippen LogP contribution in [0, 0.1) is 11.8 Å². The van der Waals surface area contributed by atoms with Crippen LogP contribution < -0.4 is 10.1 Å². The number of amides is 1. The Morgan fingerprint density at radius 2 is 2.29 bits per heavy atom. The lowest BCUT2D eigenvalue weighted by atomic mass is 10.1. The average molecular weight is 233 g/mol. The van der Waals surface area contributed by atoms with E-state index in [1.807, 2.05) is 0 Å². The Balaban J connectivity index is 2.75. The molecule has 0 fully saturated rings. The molecule has 90 valence electrons. The molecule has 1 amide bonds. The molecule has 0 saturated carbocycles. The molecule has 2 N–H and O–H groups in total. The molecule has 4 heteroatoms. The fraction of sp³-hybridized carbons (Fsp3) is 0.308. The molecular weight excluding hydrogens is 218 g/mol. The van der Waals surface area contributed by atoms with E-state index in [0.29, 0.717) is 12.3 Å². The van der Waals surface area contributed by atoms with Crippen LogP contribution in [-0.4, -0.2) is 24.7 Å². The molecule has 0 bridgehead atoms. The van der Waals surface area contributed by atoms with Gasteiger partial charge in [0.05, 0.1) is 20.3 Å². The molecule has 0 aliphatic rings. The Bertz CT molecular complexity index is 457. The second-order valence-corrected chi connectivity index (χ2v) is 3.40. The largest absolute Gasteiger partial charge is 0.496 e. The van der Waals surface area contributed by atoms with Crippen LogP contribution in [0.5, 0.6) is 5.75 Å². The van der Waals surface area contributed by atoms with Gasteiger partial charge in [0.15, 0.2) is 0 Å². The minimum atomic E-state index is -0.104. The fourth-order valence-corrected chi connectivity index (χ4v) is 1.27. The molecule has 0 atom stereocenters. The topological polar surface area (TPSA) is 58.6 Å². The summed E-state index contributed by atoms with van der Waals surface area (Å²) in [7, 11) is 1.54. The summed E-state index contributed by atoms with van der Waals surface area (Å²) in [5.74, 6) is 6.23. The van der Waals surface area contributed by atoms with Gasteiger partial charge in [-0.25, -0.2) is 0 Å². The third-order valence-corrected chi connectivity index (χ3v) is 2.12. The number of carbonyl (C=O) groups excluding carboxylic acids is 1. The van der Waals surface area contributed by atoms with Crippen LogP contribution in [0.15, 0.2) is 18.2 Å². The van der Waals surface area contributed by atoms with Crippen LogP contribution in [-0.2, 0) is 11.4 Å². The number of nitrogens with one attached hydrogen (secondary N) is 1. The average Bonchev–Trinajstić information content (AvgIpc) is 2.34. The van der Waals surface area contributed by atoms with Crippen molar-refractivity contribution >= 4 is 5.91 Å². The number of hydrogen-bond donors (Lipinski definition) is 2. The molecule has 0 unspecified atom stereocenters. The zero-order valence-corrected chi connectivity index (χ0v) is 9.91. The van der Waals surface area contributed by atoms with E-state index in [1.54, 1.807) is 25.3 Å². The van der Waals surface area contributed by atoms with E-state index < -0.39 is 0 Å². The first kappa shape index (κ1) is 13.1. The summed E-state index contributed by atoms with van der Waals surface area (Å²) in [6.45, 7) is 1.70. The minimum absolute atomic E-state index is 0.0667. The highest BCUT2D eigenvalue weighted by atomic mass is 16.5. The van der Waals surface area contributed by atoms with Crippen molar-refractivity contribution in [3.8, 4) is 17.6 Å². The van der Waals surface area contributed by atoms with Crippen LogP contribution >= 0.6 is 0 Å². The number of hydrogen-bond acceptors (Lipinski definition) is 3. The molecule has 0 saturated heterocycles. The van der Waals surface area contributed by atoms with Crippen LogP contribution in [0.25, 0.3) is 0 Å². The summed E-state index contributed by atoms with van der Waals surface area (Å²) in [5.41, 5.74) is 1.50. The smallest absolute Gasteiger partial charge is 0.217 e. The summed E-state index contributed by atoms with van der Waals surface area (Å²) in [6, 6.07) is 5.32. The highest BCUT2D eigenvalue weighted by molar-refractivity contribution is 5.73. The molecule has 1 aromatic carbocycles. The second-order valence-electron chi connectivity index (χ2n) is 3.40. The Labute approximate surface area is 101 Å². The molecule has 0 spiro atoms. The van der Waals surface area contributed by atoms with Crippen molar-refractivity contribution in [1.29, 1.82) is 0 Å². The standard InChI is InChI=1S/C13H15NO3/c1-10(16)14-7-3-4-11-5-6-12(9-15)13(8-11)17-2/h5-6,8,15H,7,9H2,1-2H3,(H,14,16). The van der Waals surface area contributed by atoms with Crippen molar-refractivity contribution in [2.24, 2.45) is 0 Å². The lowest BCUT2D eigenvalue weighted by molar-refractivity contribution is -0.118. The number of ether oxygens (including phenoxy) is 1. The SMILES string of the molecule is COc1cc(C#CCNC(C)=O)ccc1CO. The highest BCUT2D eigenvalue weighted by Gasteiger charge is 2.01. The Kier molecular flexibility index (Phi) is 5.05. The summed E-state index contributed by atoms with van der Waals surface area (Å²) < 4.78 is 5.12. The quantitative estimate of drug-likeness (QED) is 0.755. The van der Waals surface area contributed by atoms with Crippen LogP contribution in [0.2, 0.25) is 0 Å². The molecule has 0 heterocycles. The van der Waals surface area contributed by atoms with Gasteiger partial charge in [-0.3, -0.25) is 4.79 Å². The molecule has 1 aromatic rings. The molecule has 1 rings (SSSR count). The Morgan fingerprint density at radius 1 is 1.53 bits per heavy atom. The zero-order chi connectivity index (χ0) is 12.7. The predicted octanol–water partition coefficient (Wildman–Crippen LogP) is 0.675. The first-order valence-electron chi connectivity index (χ1n) is 5.18. The van der Waals surface area contributed by atoms with E-state index >= 15 is 0 Å². The number of benzene rings is 1. The minimum Gasteiger partial charge on any atom is -0.496 e. The molecule has 0 radical (unpaired) electrons. The van der Waals surface area contributed by atoms with Crippen LogP contribution in [0.4, 0.5) is 0 Å². The number of aliphatic hydroxyl groups is 1. The van der Waals surface area contributed by atoms with Gasteiger partial charge in [-0.15, -0.1) is 0 Å². The second kappa shape index (κ2) is 6.56. The number of carbonyl (C=O) groups is 1. The van der Waals surface area contributed by atoms with Gasteiger partial charge in [0.25, 0.3) is 0 Å².